The Bertz CT molecular complexity index is 561. The van der Waals surface area contributed by atoms with Gasteiger partial charge >= 0.3 is 6.18 Å². The third-order valence-corrected chi connectivity index (χ3v) is 2.78. The van der Waals surface area contributed by atoms with Crippen LogP contribution in [0.4, 0.5) is 17.6 Å². The van der Waals surface area contributed by atoms with Crippen LogP contribution < -0.4 is 4.74 Å². The van der Waals surface area contributed by atoms with E-state index in [0.29, 0.717) is 5.75 Å². The highest BCUT2D eigenvalue weighted by Crippen LogP contribution is 2.32. The molecule has 0 saturated carbocycles. The smallest absolute Gasteiger partial charge is 0.416 e. The number of alkyl halides is 3. The second-order valence-corrected chi connectivity index (χ2v) is 4.21. The summed E-state index contributed by atoms with van der Waals surface area (Å²) in [5.41, 5.74) is -0.468. The molecule has 0 bridgehead atoms. The Labute approximate surface area is 113 Å². The van der Waals surface area contributed by atoms with Crippen molar-refractivity contribution in [3.05, 3.63) is 65.5 Å². The van der Waals surface area contributed by atoms with Crippen LogP contribution in [0.15, 0.2) is 48.5 Å². The summed E-state index contributed by atoms with van der Waals surface area (Å²) in [4.78, 5) is 0. The number of rotatable bonds is 4. The fourth-order valence-electron chi connectivity index (χ4n) is 1.82. The number of hydrogen-bond acceptors (Lipinski definition) is 1. The molecule has 0 N–H and O–H groups in total. The molecule has 2 aromatic rings. The van der Waals surface area contributed by atoms with Crippen LogP contribution in [-0.2, 0) is 12.6 Å². The average molecular weight is 284 g/mol. The molecule has 0 aliphatic carbocycles. The maximum absolute atomic E-state index is 12.8. The zero-order valence-corrected chi connectivity index (χ0v) is 10.5. The predicted octanol–water partition coefficient (Wildman–Crippen LogP) is 4.47. The molecule has 0 atom stereocenters. The van der Waals surface area contributed by atoms with Crippen LogP contribution in [0.5, 0.6) is 5.75 Å². The Morgan fingerprint density at radius 2 is 1.55 bits per heavy atom. The van der Waals surface area contributed by atoms with Crippen molar-refractivity contribution in [1.29, 1.82) is 0 Å². The first-order chi connectivity index (χ1) is 9.47. The fraction of sp³-hybridized carbons (Fsp3) is 0.200. The van der Waals surface area contributed by atoms with Gasteiger partial charge in [0.25, 0.3) is 0 Å². The van der Waals surface area contributed by atoms with E-state index in [2.05, 4.69) is 0 Å². The summed E-state index contributed by atoms with van der Waals surface area (Å²) in [5, 5.41) is 0. The minimum absolute atomic E-state index is 0.0960. The Hall–Kier alpha value is -2.04. The van der Waals surface area contributed by atoms with Gasteiger partial charge in [0.1, 0.15) is 11.6 Å². The Morgan fingerprint density at radius 3 is 2.20 bits per heavy atom. The molecule has 20 heavy (non-hydrogen) atoms. The van der Waals surface area contributed by atoms with Gasteiger partial charge in [-0.25, -0.2) is 4.39 Å². The molecule has 0 spiro atoms. The van der Waals surface area contributed by atoms with Crippen molar-refractivity contribution in [1.82, 2.24) is 0 Å². The quantitative estimate of drug-likeness (QED) is 0.753. The maximum Gasteiger partial charge on any atom is 0.416 e. The molecule has 0 amide bonds. The molecule has 0 heterocycles. The SMILES string of the molecule is Fc1ccc(OCCc2ccccc2C(F)(F)F)cc1. The van der Waals surface area contributed by atoms with Gasteiger partial charge in [-0.2, -0.15) is 13.2 Å². The topological polar surface area (TPSA) is 9.23 Å². The molecule has 5 heteroatoms. The van der Waals surface area contributed by atoms with Crippen LogP contribution >= 0.6 is 0 Å². The molecule has 0 aromatic heterocycles. The van der Waals surface area contributed by atoms with Crippen LogP contribution in [-0.4, -0.2) is 6.61 Å². The lowest BCUT2D eigenvalue weighted by Gasteiger charge is -2.13. The summed E-state index contributed by atoms with van der Waals surface area (Å²) < 4.78 is 56.3. The van der Waals surface area contributed by atoms with Gasteiger partial charge in [0.2, 0.25) is 0 Å². The van der Waals surface area contributed by atoms with Crippen LogP contribution in [0, 0.1) is 5.82 Å². The molecule has 2 aromatic carbocycles. The van der Waals surface area contributed by atoms with Gasteiger partial charge in [0.15, 0.2) is 0 Å². The van der Waals surface area contributed by atoms with Crippen molar-refractivity contribution in [2.24, 2.45) is 0 Å². The minimum Gasteiger partial charge on any atom is -0.493 e. The molecule has 0 saturated heterocycles. The van der Waals surface area contributed by atoms with E-state index >= 15 is 0 Å². The fourth-order valence-corrected chi connectivity index (χ4v) is 1.82. The van der Waals surface area contributed by atoms with Crippen molar-refractivity contribution in [3.8, 4) is 5.75 Å². The Morgan fingerprint density at radius 1 is 0.900 bits per heavy atom. The lowest BCUT2D eigenvalue weighted by molar-refractivity contribution is -0.138. The monoisotopic (exact) mass is 284 g/mol. The molecule has 2 rings (SSSR count). The van der Waals surface area contributed by atoms with Gasteiger partial charge < -0.3 is 4.74 Å². The van der Waals surface area contributed by atoms with Gasteiger partial charge in [0.05, 0.1) is 12.2 Å². The molecule has 106 valence electrons. The molecule has 1 nitrogen and oxygen atoms in total. The maximum atomic E-state index is 12.8. The van der Waals surface area contributed by atoms with E-state index in [1.165, 1.54) is 36.4 Å². The summed E-state index contributed by atoms with van der Waals surface area (Å²) in [5.74, 6) is 0.0376. The third kappa shape index (κ3) is 3.73. The van der Waals surface area contributed by atoms with Crippen LogP contribution in [0.1, 0.15) is 11.1 Å². The number of benzene rings is 2. The van der Waals surface area contributed by atoms with Crippen molar-refractivity contribution >= 4 is 0 Å². The summed E-state index contributed by atoms with van der Waals surface area (Å²) in [6, 6.07) is 10.7. The first-order valence-corrected chi connectivity index (χ1v) is 6.00. The van der Waals surface area contributed by atoms with Crippen LogP contribution in [0.3, 0.4) is 0 Å². The second kappa shape index (κ2) is 5.94. The summed E-state index contributed by atoms with van der Waals surface area (Å²) in [6.45, 7) is 0.0960. The largest absolute Gasteiger partial charge is 0.493 e. The first-order valence-electron chi connectivity index (χ1n) is 6.00. The van der Waals surface area contributed by atoms with E-state index < -0.39 is 11.7 Å². The van der Waals surface area contributed by atoms with Gasteiger partial charge in [-0.3, -0.25) is 0 Å². The van der Waals surface area contributed by atoms with E-state index in [1.807, 2.05) is 0 Å². The summed E-state index contributed by atoms with van der Waals surface area (Å²) in [7, 11) is 0. The Balaban J connectivity index is 1.99. The normalized spacial score (nSPS) is 11.4. The van der Waals surface area contributed by atoms with Crippen molar-refractivity contribution in [3.63, 3.8) is 0 Å². The number of halogens is 4. The molecular weight excluding hydrogens is 272 g/mol. The van der Waals surface area contributed by atoms with Crippen molar-refractivity contribution in [2.45, 2.75) is 12.6 Å². The molecule has 0 aliphatic heterocycles. The highest BCUT2D eigenvalue weighted by Gasteiger charge is 2.32. The van der Waals surface area contributed by atoms with E-state index in [9.17, 15) is 17.6 Å². The van der Waals surface area contributed by atoms with Gasteiger partial charge in [0, 0.05) is 6.42 Å². The third-order valence-electron chi connectivity index (χ3n) is 2.78. The predicted molar refractivity (Wildman–Crippen MR) is 67.0 cm³/mol. The van der Waals surface area contributed by atoms with Gasteiger partial charge in [-0.1, -0.05) is 18.2 Å². The van der Waals surface area contributed by atoms with Gasteiger partial charge in [-0.05, 0) is 35.9 Å². The molecule has 0 unspecified atom stereocenters. The van der Waals surface area contributed by atoms with Crippen LogP contribution in [0.25, 0.3) is 0 Å². The lowest BCUT2D eigenvalue weighted by Crippen LogP contribution is -2.11. The number of hydrogen-bond donors (Lipinski definition) is 0. The van der Waals surface area contributed by atoms with Gasteiger partial charge in [-0.15, -0.1) is 0 Å². The highest BCUT2D eigenvalue weighted by atomic mass is 19.4. The highest BCUT2D eigenvalue weighted by molar-refractivity contribution is 5.30. The van der Waals surface area contributed by atoms with E-state index in [-0.39, 0.29) is 24.4 Å². The average Bonchev–Trinajstić information content (AvgIpc) is 2.40. The molecule has 0 radical (unpaired) electrons. The van der Waals surface area contributed by atoms with E-state index in [1.54, 1.807) is 6.07 Å². The summed E-state index contributed by atoms with van der Waals surface area (Å²) in [6.07, 6.45) is -4.24. The number of ether oxygens (including phenoxy) is 1. The zero-order valence-electron chi connectivity index (χ0n) is 10.5. The van der Waals surface area contributed by atoms with E-state index in [4.69, 9.17) is 4.74 Å². The lowest BCUT2D eigenvalue weighted by atomic mass is 10.0. The standard InChI is InChI=1S/C15H12F4O/c16-12-5-7-13(8-6-12)20-10-9-11-3-1-2-4-14(11)15(17,18)19/h1-8H,9-10H2. The molecule has 0 fully saturated rings. The van der Waals surface area contributed by atoms with Crippen molar-refractivity contribution < 1.29 is 22.3 Å². The molecular formula is C15H12F4O. The first kappa shape index (κ1) is 14.4. The minimum atomic E-state index is -4.37. The zero-order chi connectivity index (χ0) is 14.6. The van der Waals surface area contributed by atoms with E-state index in [0.717, 1.165) is 6.07 Å². The van der Waals surface area contributed by atoms with Crippen molar-refractivity contribution in [2.75, 3.05) is 6.61 Å². The second-order valence-electron chi connectivity index (χ2n) is 4.21. The summed E-state index contributed by atoms with van der Waals surface area (Å²) >= 11 is 0. The van der Waals surface area contributed by atoms with Crippen LogP contribution in [0.2, 0.25) is 0 Å². The molecule has 0 aliphatic rings. The Kier molecular flexibility index (Phi) is 4.27.